The van der Waals surface area contributed by atoms with E-state index < -0.39 is 11.9 Å². The van der Waals surface area contributed by atoms with Crippen LogP contribution in [0, 0.1) is 5.82 Å². The van der Waals surface area contributed by atoms with Crippen molar-refractivity contribution >= 4 is 28.9 Å². The number of benzene rings is 1. The molecule has 0 saturated heterocycles. The molecule has 8 nitrogen and oxygen atoms in total. The number of carbonyl (C=O) groups is 1. The summed E-state index contributed by atoms with van der Waals surface area (Å²) < 4.78 is 14.9. The summed E-state index contributed by atoms with van der Waals surface area (Å²) in [7, 11) is 0. The molecule has 1 aliphatic rings. The first kappa shape index (κ1) is 19.1. The number of aromatic nitrogens is 3. The van der Waals surface area contributed by atoms with Crippen molar-refractivity contribution in [2.75, 3.05) is 13.2 Å². The van der Waals surface area contributed by atoms with Gasteiger partial charge in [-0.2, -0.15) is 0 Å². The van der Waals surface area contributed by atoms with Crippen molar-refractivity contribution < 1.29 is 14.3 Å². The van der Waals surface area contributed by atoms with Gasteiger partial charge in [0.2, 0.25) is 0 Å². The quantitative estimate of drug-likeness (QED) is 0.459. The van der Waals surface area contributed by atoms with Gasteiger partial charge in [0.25, 0.3) is 5.91 Å². The molecule has 0 unspecified atom stereocenters. The Morgan fingerprint density at radius 1 is 1.37 bits per heavy atom. The molecule has 142 valence electrons. The van der Waals surface area contributed by atoms with E-state index in [1.807, 2.05) is 0 Å². The van der Waals surface area contributed by atoms with Gasteiger partial charge in [0.05, 0.1) is 11.9 Å². The molecule has 0 spiro atoms. The van der Waals surface area contributed by atoms with Crippen LogP contribution in [0.2, 0.25) is 0 Å². The van der Waals surface area contributed by atoms with Crippen molar-refractivity contribution in [3.05, 3.63) is 47.3 Å². The normalized spacial score (nSPS) is 16.9. The van der Waals surface area contributed by atoms with Crippen LogP contribution in [0.1, 0.15) is 41.4 Å². The fraction of sp³-hybridized carbons (Fsp3) is 0.353. The Morgan fingerprint density at radius 2 is 2.07 bits per heavy atom. The van der Waals surface area contributed by atoms with Crippen molar-refractivity contribution in [3.63, 3.8) is 0 Å². The maximum absolute atomic E-state index is 13.1. The van der Waals surface area contributed by atoms with E-state index in [2.05, 4.69) is 15.2 Å². The molecule has 0 bridgehead atoms. The number of nitrogens with two attached hydrogens (primary N) is 1. The van der Waals surface area contributed by atoms with Gasteiger partial charge in [-0.15, -0.1) is 10.2 Å². The number of halogens is 1. The smallest absolute Gasteiger partial charge is 0.254 e. The fourth-order valence-corrected chi connectivity index (χ4v) is 3.36. The van der Waals surface area contributed by atoms with Crippen LogP contribution in [-0.2, 0) is 6.54 Å². The standard InChI is InChI=1S/C17H19FN6O2S/c1-10(19)20-16(27)15-22-21-14-13(6-9-25)23(7-8-24(14)15)17(26)11-2-4-12(18)5-3-11/h2-5,13,25H,6-9H2,1H3,(H2,19,20,27)/t13-/m1/s1. The van der Waals surface area contributed by atoms with Crippen molar-refractivity contribution in [2.45, 2.75) is 25.9 Å². The summed E-state index contributed by atoms with van der Waals surface area (Å²) in [5.41, 5.74) is 5.95. The van der Waals surface area contributed by atoms with Crippen molar-refractivity contribution in [1.29, 1.82) is 0 Å². The zero-order valence-corrected chi connectivity index (χ0v) is 15.5. The second kappa shape index (κ2) is 7.89. The van der Waals surface area contributed by atoms with Crippen LogP contribution >= 0.6 is 12.2 Å². The number of aliphatic imine (C=N–C) groups is 1. The molecule has 0 aliphatic carbocycles. The maximum Gasteiger partial charge on any atom is 0.254 e. The molecule has 1 amide bonds. The number of fused-ring (bicyclic) bond motifs is 1. The number of aliphatic hydroxyl groups excluding tert-OH is 1. The van der Waals surface area contributed by atoms with Crippen LogP contribution in [0.5, 0.6) is 0 Å². The van der Waals surface area contributed by atoms with Gasteiger partial charge in [-0.1, -0.05) is 12.2 Å². The Balaban J connectivity index is 1.94. The van der Waals surface area contributed by atoms with Crippen LogP contribution < -0.4 is 5.73 Å². The largest absolute Gasteiger partial charge is 0.396 e. The summed E-state index contributed by atoms with van der Waals surface area (Å²) in [6.07, 6.45) is 0.289. The van der Waals surface area contributed by atoms with E-state index >= 15 is 0 Å². The molecule has 3 rings (SSSR count). The van der Waals surface area contributed by atoms with Gasteiger partial charge >= 0.3 is 0 Å². The lowest BCUT2D eigenvalue weighted by Crippen LogP contribution is -2.43. The first-order chi connectivity index (χ1) is 12.9. The highest BCUT2D eigenvalue weighted by Crippen LogP contribution is 2.29. The molecule has 2 aromatic rings. The van der Waals surface area contributed by atoms with Gasteiger partial charge in [0.1, 0.15) is 5.82 Å². The first-order valence-electron chi connectivity index (χ1n) is 8.38. The van der Waals surface area contributed by atoms with Crippen LogP contribution in [0.3, 0.4) is 0 Å². The highest BCUT2D eigenvalue weighted by atomic mass is 32.1. The van der Waals surface area contributed by atoms with Gasteiger partial charge in [-0.25, -0.2) is 9.38 Å². The number of carbonyl (C=O) groups excluding carboxylic acids is 1. The average Bonchev–Trinajstić information content (AvgIpc) is 3.06. The van der Waals surface area contributed by atoms with Crippen LogP contribution in [-0.4, -0.2) is 54.7 Å². The van der Waals surface area contributed by atoms with Crippen LogP contribution in [0.25, 0.3) is 0 Å². The zero-order valence-electron chi connectivity index (χ0n) is 14.7. The molecule has 1 aromatic heterocycles. The molecule has 0 saturated carbocycles. The third-order valence-electron chi connectivity index (χ3n) is 4.24. The number of hydrogen-bond acceptors (Lipinski definition) is 5. The number of hydrogen-bond donors (Lipinski definition) is 2. The second-order valence-electron chi connectivity index (χ2n) is 6.13. The minimum absolute atomic E-state index is 0.134. The zero-order chi connectivity index (χ0) is 19.6. The maximum atomic E-state index is 13.1. The van der Waals surface area contributed by atoms with E-state index in [1.165, 1.54) is 24.3 Å². The summed E-state index contributed by atoms with van der Waals surface area (Å²) in [5, 5.41) is 17.8. The van der Waals surface area contributed by atoms with E-state index in [9.17, 15) is 14.3 Å². The molecule has 10 heteroatoms. The predicted molar refractivity (Wildman–Crippen MR) is 101 cm³/mol. The fourth-order valence-electron chi connectivity index (χ4n) is 3.06. The molecule has 0 fully saturated rings. The molecule has 1 atom stereocenters. The lowest BCUT2D eigenvalue weighted by Gasteiger charge is -2.35. The molecular formula is C17H19FN6O2S. The number of amidine groups is 1. The number of nitrogens with zero attached hydrogens (tertiary/aromatic N) is 5. The third kappa shape index (κ3) is 3.86. The summed E-state index contributed by atoms with van der Waals surface area (Å²) in [6.45, 7) is 2.28. The Hall–Kier alpha value is -2.72. The molecule has 0 radical (unpaired) electrons. The van der Waals surface area contributed by atoms with E-state index in [-0.39, 0.29) is 23.9 Å². The van der Waals surface area contributed by atoms with Gasteiger partial charge in [-0.3, -0.25) is 4.79 Å². The Bertz CT molecular complexity index is 891. The van der Waals surface area contributed by atoms with Crippen molar-refractivity contribution in [1.82, 2.24) is 19.7 Å². The molecule has 2 heterocycles. The van der Waals surface area contributed by atoms with Gasteiger partial charge in [0.15, 0.2) is 16.6 Å². The van der Waals surface area contributed by atoms with E-state index in [0.29, 0.717) is 36.1 Å². The Kier molecular flexibility index (Phi) is 5.57. The monoisotopic (exact) mass is 390 g/mol. The molecule has 3 N–H and O–H groups in total. The minimum atomic E-state index is -0.478. The summed E-state index contributed by atoms with van der Waals surface area (Å²) in [4.78, 5) is 18.8. The van der Waals surface area contributed by atoms with Crippen molar-refractivity contribution in [3.8, 4) is 0 Å². The second-order valence-corrected chi connectivity index (χ2v) is 6.51. The van der Waals surface area contributed by atoms with E-state index in [1.54, 1.807) is 16.4 Å². The number of rotatable bonds is 4. The predicted octanol–water partition coefficient (Wildman–Crippen LogP) is 1.05. The lowest BCUT2D eigenvalue weighted by molar-refractivity contribution is 0.0577. The Morgan fingerprint density at radius 3 is 2.70 bits per heavy atom. The van der Waals surface area contributed by atoms with Crippen LogP contribution in [0.4, 0.5) is 4.39 Å². The molecule has 27 heavy (non-hydrogen) atoms. The average molecular weight is 390 g/mol. The SMILES string of the molecule is CC(N)=NC(=S)c1nnc2n1CCN(C(=O)c1ccc(F)cc1)[C@@H]2CCO. The summed E-state index contributed by atoms with van der Waals surface area (Å²) in [6, 6.07) is 4.88. The molecular weight excluding hydrogens is 371 g/mol. The highest BCUT2D eigenvalue weighted by Gasteiger charge is 2.35. The number of thiocarbonyl (C=S) groups is 1. The van der Waals surface area contributed by atoms with Gasteiger partial charge in [-0.05, 0) is 37.6 Å². The molecule has 1 aliphatic heterocycles. The summed E-state index contributed by atoms with van der Waals surface area (Å²) in [5.74, 6) is 0.566. The topological polar surface area (TPSA) is 110 Å². The highest BCUT2D eigenvalue weighted by molar-refractivity contribution is 7.80. The third-order valence-corrected chi connectivity index (χ3v) is 4.52. The van der Waals surface area contributed by atoms with Crippen LogP contribution in [0.15, 0.2) is 29.3 Å². The molecule has 1 aromatic carbocycles. The number of amides is 1. The first-order valence-corrected chi connectivity index (χ1v) is 8.78. The van der Waals surface area contributed by atoms with E-state index in [0.717, 1.165) is 0 Å². The van der Waals surface area contributed by atoms with Crippen molar-refractivity contribution in [2.24, 2.45) is 10.7 Å². The number of aliphatic hydroxyl groups is 1. The lowest BCUT2D eigenvalue weighted by atomic mass is 10.1. The van der Waals surface area contributed by atoms with Gasteiger partial charge < -0.3 is 20.3 Å². The summed E-state index contributed by atoms with van der Waals surface area (Å²) >= 11 is 5.25. The van der Waals surface area contributed by atoms with Gasteiger partial charge in [0, 0.05) is 25.3 Å². The van der Waals surface area contributed by atoms with E-state index in [4.69, 9.17) is 18.0 Å². The minimum Gasteiger partial charge on any atom is -0.396 e. The Labute approximate surface area is 160 Å².